The molecule has 0 unspecified atom stereocenters. The van der Waals surface area contributed by atoms with Crippen molar-refractivity contribution in [2.75, 3.05) is 18.4 Å². The van der Waals surface area contributed by atoms with Gasteiger partial charge in [-0.3, -0.25) is 4.79 Å². The molecule has 0 aliphatic carbocycles. The number of benzene rings is 2. The van der Waals surface area contributed by atoms with E-state index in [-0.39, 0.29) is 35.7 Å². The van der Waals surface area contributed by atoms with Gasteiger partial charge >= 0.3 is 0 Å². The molecule has 0 aromatic heterocycles. The van der Waals surface area contributed by atoms with Crippen molar-refractivity contribution in [1.29, 1.82) is 0 Å². The normalized spacial score (nSPS) is 15.4. The van der Waals surface area contributed by atoms with Crippen molar-refractivity contribution < 1.29 is 17.9 Å². The van der Waals surface area contributed by atoms with Crippen molar-refractivity contribution in [2.45, 2.75) is 31.5 Å². The van der Waals surface area contributed by atoms with Crippen molar-refractivity contribution in [3.8, 4) is 0 Å². The third-order valence-electron chi connectivity index (χ3n) is 4.31. The number of nitrogens with one attached hydrogen (secondary N) is 1. The van der Waals surface area contributed by atoms with Crippen LogP contribution >= 0.6 is 11.6 Å². The molecule has 6 nitrogen and oxygen atoms in total. The van der Waals surface area contributed by atoms with E-state index in [1.165, 1.54) is 11.2 Å². The van der Waals surface area contributed by atoms with Gasteiger partial charge in [0.2, 0.25) is 15.9 Å². The van der Waals surface area contributed by atoms with Gasteiger partial charge in [-0.25, -0.2) is 8.42 Å². The van der Waals surface area contributed by atoms with Crippen LogP contribution in [0, 0.1) is 6.92 Å². The van der Waals surface area contributed by atoms with E-state index in [0.717, 1.165) is 11.1 Å². The maximum atomic E-state index is 12.9. The molecule has 1 N–H and O–H groups in total. The number of nitrogens with zero attached hydrogens (tertiary/aromatic N) is 1. The molecule has 1 saturated heterocycles. The standard InChI is InChI=1S/C19H21ClN2O4S/c1-13-7-8-18(21-14(2)23)19(9-13)27(24,25)22-10-16(11-22)26-12-15-5-3-4-6-17(15)20/h3-9,16H,10-12H2,1-2H3,(H,21,23). The number of anilines is 1. The summed E-state index contributed by atoms with van der Waals surface area (Å²) in [6, 6.07) is 12.3. The highest BCUT2D eigenvalue weighted by atomic mass is 35.5. The maximum Gasteiger partial charge on any atom is 0.245 e. The lowest BCUT2D eigenvalue weighted by molar-refractivity contribution is -0.114. The van der Waals surface area contributed by atoms with Crippen LogP contribution in [0.3, 0.4) is 0 Å². The average molecular weight is 409 g/mol. The first kappa shape index (κ1) is 19.8. The Balaban J connectivity index is 1.67. The van der Waals surface area contributed by atoms with E-state index in [0.29, 0.717) is 11.6 Å². The van der Waals surface area contributed by atoms with Crippen LogP contribution < -0.4 is 5.32 Å². The largest absolute Gasteiger partial charge is 0.371 e. The number of hydrogen-bond acceptors (Lipinski definition) is 4. The number of sulfonamides is 1. The molecule has 0 bridgehead atoms. The molecular formula is C19H21ClN2O4S. The lowest BCUT2D eigenvalue weighted by Crippen LogP contribution is -2.54. The Morgan fingerprint density at radius 1 is 1.26 bits per heavy atom. The lowest BCUT2D eigenvalue weighted by Gasteiger charge is -2.38. The number of amides is 1. The van der Waals surface area contributed by atoms with E-state index < -0.39 is 10.0 Å². The van der Waals surface area contributed by atoms with E-state index >= 15 is 0 Å². The van der Waals surface area contributed by atoms with Crippen LogP contribution in [0.2, 0.25) is 5.02 Å². The van der Waals surface area contributed by atoms with Gasteiger partial charge in [0.05, 0.1) is 18.4 Å². The highest BCUT2D eigenvalue weighted by Crippen LogP contribution is 2.30. The summed E-state index contributed by atoms with van der Waals surface area (Å²) < 4.78 is 33.0. The summed E-state index contributed by atoms with van der Waals surface area (Å²) in [5.41, 5.74) is 1.95. The second kappa shape index (κ2) is 7.98. The van der Waals surface area contributed by atoms with Crippen molar-refractivity contribution in [3.05, 3.63) is 58.6 Å². The molecular weight excluding hydrogens is 388 g/mol. The van der Waals surface area contributed by atoms with Crippen LogP contribution in [0.25, 0.3) is 0 Å². The molecule has 1 amide bonds. The third-order valence-corrected chi connectivity index (χ3v) is 6.55. The van der Waals surface area contributed by atoms with Gasteiger partial charge in [0.25, 0.3) is 0 Å². The number of carbonyl (C=O) groups is 1. The summed E-state index contributed by atoms with van der Waals surface area (Å²) in [7, 11) is -3.71. The average Bonchev–Trinajstić information content (AvgIpc) is 2.56. The second-order valence-electron chi connectivity index (χ2n) is 6.53. The van der Waals surface area contributed by atoms with Crippen LogP contribution in [0.4, 0.5) is 5.69 Å². The Morgan fingerprint density at radius 2 is 1.96 bits per heavy atom. The Labute approximate surface area is 164 Å². The molecule has 2 aromatic carbocycles. The number of halogens is 1. The van der Waals surface area contributed by atoms with Gasteiger partial charge in [-0.1, -0.05) is 35.9 Å². The van der Waals surface area contributed by atoms with Gasteiger partial charge in [0, 0.05) is 25.0 Å². The predicted octanol–water partition coefficient (Wildman–Crippen LogP) is 3.20. The topological polar surface area (TPSA) is 75.7 Å². The van der Waals surface area contributed by atoms with E-state index in [9.17, 15) is 13.2 Å². The summed E-state index contributed by atoms with van der Waals surface area (Å²) in [5, 5.41) is 3.21. The Morgan fingerprint density at radius 3 is 2.63 bits per heavy atom. The highest BCUT2D eigenvalue weighted by molar-refractivity contribution is 7.89. The molecule has 0 atom stereocenters. The molecule has 8 heteroatoms. The van der Waals surface area contributed by atoms with Gasteiger partial charge in [-0.05, 0) is 36.2 Å². The zero-order valence-electron chi connectivity index (χ0n) is 15.1. The number of ether oxygens (including phenoxy) is 1. The van der Waals surface area contributed by atoms with Crippen LogP contribution in [-0.2, 0) is 26.2 Å². The molecule has 1 aliphatic heterocycles. The summed E-state index contributed by atoms with van der Waals surface area (Å²) in [5.74, 6) is -0.320. The fourth-order valence-corrected chi connectivity index (χ4v) is 4.73. The van der Waals surface area contributed by atoms with E-state index in [2.05, 4.69) is 5.32 Å². The van der Waals surface area contributed by atoms with E-state index in [4.69, 9.17) is 16.3 Å². The fourth-order valence-electron chi connectivity index (χ4n) is 2.80. The third kappa shape index (κ3) is 4.50. The zero-order valence-corrected chi connectivity index (χ0v) is 16.7. The zero-order chi connectivity index (χ0) is 19.6. The molecule has 0 spiro atoms. The number of rotatable bonds is 6. The van der Waals surface area contributed by atoms with Gasteiger partial charge in [-0.15, -0.1) is 0 Å². The van der Waals surface area contributed by atoms with Gasteiger partial charge in [-0.2, -0.15) is 4.31 Å². The van der Waals surface area contributed by atoms with Crippen LogP contribution in [0.5, 0.6) is 0 Å². The van der Waals surface area contributed by atoms with Crippen LogP contribution in [-0.4, -0.2) is 37.8 Å². The molecule has 1 fully saturated rings. The molecule has 0 radical (unpaired) electrons. The Bertz CT molecular complexity index is 956. The van der Waals surface area contributed by atoms with Crippen molar-refractivity contribution in [1.82, 2.24) is 4.31 Å². The molecule has 0 saturated carbocycles. The van der Waals surface area contributed by atoms with E-state index in [1.807, 2.05) is 25.1 Å². The molecule has 144 valence electrons. The maximum absolute atomic E-state index is 12.9. The first-order valence-electron chi connectivity index (χ1n) is 8.51. The predicted molar refractivity (Wildman–Crippen MR) is 104 cm³/mol. The Kier molecular flexibility index (Phi) is 5.86. The van der Waals surface area contributed by atoms with E-state index in [1.54, 1.807) is 24.3 Å². The summed E-state index contributed by atoms with van der Waals surface area (Å²) in [6.45, 7) is 4.01. The van der Waals surface area contributed by atoms with Crippen LogP contribution in [0.15, 0.2) is 47.4 Å². The molecule has 2 aromatic rings. The van der Waals surface area contributed by atoms with Crippen molar-refractivity contribution >= 4 is 33.2 Å². The highest BCUT2D eigenvalue weighted by Gasteiger charge is 2.38. The van der Waals surface area contributed by atoms with Crippen molar-refractivity contribution in [2.24, 2.45) is 0 Å². The molecule has 1 heterocycles. The minimum Gasteiger partial charge on any atom is -0.371 e. The monoisotopic (exact) mass is 408 g/mol. The molecule has 27 heavy (non-hydrogen) atoms. The summed E-state index contributed by atoms with van der Waals surface area (Å²) in [4.78, 5) is 11.5. The first-order chi connectivity index (χ1) is 12.8. The number of aryl methyl sites for hydroxylation is 1. The second-order valence-corrected chi connectivity index (χ2v) is 8.84. The fraction of sp³-hybridized carbons (Fsp3) is 0.316. The summed E-state index contributed by atoms with van der Waals surface area (Å²) >= 11 is 6.10. The lowest BCUT2D eigenvalue weighted by atomic mass is 10.2. The van der Waals surface area contributed by atoms with Gasteiger partial charge in [0.1, 0.15) is 4.90 Å². The molecule has 3 rings (SSSR count). The number of hydrogen-bond donors (Lipinski definition) is 1. The van der Waals surface area contributed by atoms with Crippen molar-refractivity contribution in [3.63, 3.8) is 0 Å². The molecule has 1 aliphatic rings. The first-order valence-corrected chi connectivity index (χ1v) is 10.3. The smallest absolute Gasteiger partial charge is 0.245 e. The minimum atomic E-state index is -3.71. The number of carbonyl (C=O) groups excluding carboxylic acids is 1. The Hall–Kier alpha value is -1.93. The SMILES string of the molecule is CC(=O)Nc1ccc(C)cc1S(=O)(=O)N1CC(OCc2ccccc2Cl)C1. The van der Waals surface area contributed by atoms with Gasteiger partial charge in [0.15, 0.2) is 0 Å². The van der Waals surface area contributed by atoms with Crippen LogP contribution in [0.1, 0.15) is 18.1 Å². The quantitative estimate of drug-likeness (QED) is 0.796. The minimum absolute atomic E-state index is 0.0993. The summed E-state index contributed by atoms with van der Waals surface area (Å²) in [6.07, 6.45) is -0.190. The van der Waals surface area contributed by atoms with Gasteiger partial charge < -0.3 is 10.1 Å².